The molecule has 1 aromatic heterocycles. The highest BCUT2D eigenvalue weighted by Crippen LogP contribution is 2.43. The van der Waals surface area contributed by atoms with Gasteiger partial charge >= 0.3 is 11.9 Å². The number of fused-ring (bicyclic) bond motifs is 3. The van der Waals surface area contributed by atoms with E-state index in [1.165, 1.54) is 4.68 Å². The van der Waals surface area contributed by atoms with Gasteiger partial charge < -0.3 is 10.1 Å². The van der Waals surface area contributed by atoms with E-state index in [0.29, 0.717) is 11.3 Å². The average molecular weight is 263 g/mol. The highest BCUT2D eigenvalue weighted by atomic mass is 16.6. The maximum absolute atomic E-state index is 12.0. The fraction of sp³-hybridized carbons (Fsp3) is 0.500. The number of rotatable bonds is 1. The predicted octanol–water partition coefficient (Wildman–Crippen LogP) is 0.113. The molecule has 0 radical (unpaired) electrons. The molecular formula is C12H13N3O4. The molecule has 2 atom stereocenters. The van der Waals surface area contributed by atoms with Crippen LogP contribution >= 0.6 is 0 Å². The number of nitrogens with one attached hydrogen (secondary N) is 1. The molecule has 1 aromatic rings. The maximum atomic E-state index is 12.0. The van der Waals surface area contributed by atoms with Crippen molar-refractivity contribution < 1.29 is 19.1 Å². The Balaban J connectivity index is 2.08. The van der Waals surface area contributed by atoms with Crippen molar-refractivity contribution in [2.75, 3.05) is 0 Å². The third-order valence-corrected chi connectivity index (χ3v) is 3.69. The van der Waals surface area contributed by atoms with Crippen LogP contribution in [-0.2, 0) is 16.6 Å². The number of aromatic nitrogens is 2. The van der Waals surface area contributed by atoms with E-state index in [1.807, 2.05) is 0 Å². The minimum atomic E-state index is -0.787. The van der Waals surface area contributed by atoms with Crippen LogP contribution in [0.2, 0.25) is 0 Å². The van der Waals surface area contributed by atoms with Crippen LogP contribution in [0, 0.1) is 0 Å². The fourth-order valence-electron chi connectivity index (χ4n) is 2.75. The van der Waals surface area contributed by atoms with Crippen LogP contribution in [0.4, 0.5) is 0 Å². The van der Waals surface area contributed by atoms with Crippen molar-refractivity contribution in [2.45, 2.75) is 31.7 Å². The van der Waals surface area contributed by atoms with Crippen LogP contribution in [0.25, 0.3) is 0 Å². The van der Waals surface area contributed by atoms with Gasteiger partial charge in [0.2, 0.25) is 0 Å². The maximum Gasteiger partial charge on any atom is 0.366 e. The second kappa shape index (κ2) is 3.91. The number of hydrogen-bond acceptors (Lipinski definition) is 5. The lowest BCUT2D eigenvalue weighted by atomic mass is 9.72. The molecule has 2 aliphatic rings. The molecule has 1 aliphatic heterocycles. The van der Waals surface area contributed by atoms with Gasteiger partial charge in [0.1, 0.15) is 5.69 Å². The molecule has 19 heavy (non-hydrogen) atoms. The number of hydrogen-bond donors (Lipinski definition) is 1. The first-order chi connectivity index (χ1) is 8.99. The summed E-state index contributed by atoms with van der Waals surface area (Å²) in [6.45, 7) is 1.16. The second-order valence-corrected chi connectivity index (χ2v) is 4.88. The van der Waals surface area contributed by atoms with E-state index in [1.54, 1.807) is 7.05 Å². The molecule has 1 saturated carbocycles. The summed E-state index contributed by atoms with van der Waals surface area (Å²) in [5, 5.41) is 6.93. The van der Waals surface area contributed by atoms with Crippen LogP contribution in [-0.4, -0.2) is 33.7 Å². The Hall–Kier alpha value is -2.18. The molecular weight excluding hydrogens is 250 g/mol. The van der Waals surface area contributed by atoms with Gasteiger partial charge in [0, 0.05) is 31.5 Å². The van der Waals surface area contributed by atoms with Crippen LogP contribution < -0.4 is 5.32 Å². The van der Waals surface area contributed by atoms with Gasteiger partial charge in [-0.2, -0.15) is 5.10 Å². The standard InChI is InChI=1S/C12H13N3O4/c1-5(16)19-12(18)9-8-6-3-4-7(6)13-11(17)10(8)15(2)14-9/h6-7H,3-4H2,1-2H3,(H,13,17)/t6-,7?/m1/s1. The third kappa shape index (κ3) is 1.65. The van der Waals surface area contributed by atoms with Gasteiger partial charge in [-0.05, 0) is 12.8 Å². The number of ether oxygens (including phenoxy) is 1. The summed E-state index contributed by atoms with van der Waals surface area (Å²) >= 11 is 0. The van der Waals surface area contributed by atoms with Gasteiger partial charge in [-0.3, -0.25) is 14.3 Å². The monoisotopic (exact) mass is 263 g/mol. The Labute approximate surface area is 108 Å². The summed E-state index contributed by atoms with van der Waals surface area (Å²) in [5.74, 6) is -1.61. The van der Waals surface area contributed by atoms with E-state index < -0.39 is 11.9 Å². The summed E-state index contributed by atoms with van der Waals surface area (Å²) in [5.41, 5.74) is 1.09. The molecule has 100 valence electrons. The largest absolute Gasteiger partial charge is 0.388 e. The summed E-state index contributed by atoms with van der Waals surface area (Å²) in [7, 11) is 1.60. The normalized spacial score (nSPS) is 23.8. The number of aryl methyl sites for hydroxylation is 1. The predicted molar refractivity (Wildman–Crippen MR) is 62.5 cm³/mol. The van der Waals surface area contributed by atoms with E-state index in [2.05, 4.69) is 15.2 Å². The van der Waals surface area contributed by atoms with Crippen LogP contribution in [0.15, 0.2) is 0 Å². The Morgan fingerprint density at radius 2 is 2.16 bits per heavy atom. The Morgan fingerprint density at radius 3 is 2.74 bits per heavy atom. The van der Waals surface area contributed by atoms with Gasteiger partial charge in [-0.15, -0.1) is 0 Å². The molecule has 0 aromatic carbocycles. The van der Waals surface area contributed by atoms with E-state index in [4.69, 9.17) is 0 Å². The van der Waals surface area contributed by atoms with Crippen molar-refractivity contribution in [1.29, 1.82) is 0 Å². The van der Waals surface area contributed by atoms with E-state index >= 15 is 0 Å². The zero-order valence-electron chi connectivity index (χ0n) is 10.6. The second-order valence-electron chi connectivity index (χ2n) is 4.88. The molecule has 0 saturated heterocycles. The summed E-state index contributed by atoms with van der Waals surface area (Å²) in [6, 6.07) is 0.0630. The van der Waals surface area contributed by atoms with Gasteiger partial charge in [0.05, 0.1) is 0 Å². The molecule has 3 rings (SSSR count). The first-order valence-electron chi connectivity index (χ1n) is 6.09. The molecule has 0 bridgehead atoms. The lowest BCUT2D eigenvalue weighted by molar-refractivity contribution is -0.135. The summed E-state index contributed by atoms with van der Waals surface area (Å²) < 4.78 is 5.94. The number of carbonyl (C=O) groups is 3. The average Bonchev–Trinajstić information content (AvgIpc) is 2.60. The molecule has 1 amide bonds. The quantitative estimate of drug-likeness (QED) is 0.573. The fourth-order valence-corrected chi connectivity index (χ4v) is 2.75. The third-order valence-electron chi connectivity index (χ3n) is 3.69. The zero-order chi connectivity index (χ0) is 13.7. The van der Waals surface area contributed by atoms with Crippen LogP contribution in [0.5, 0.6) is 0 Å². The molecule has 1 aliphatic carbocycles. The number of amides is 1. The van der Waals surface area contributed by atoms with Crippen LogP contribution in [0.1, 0.15) is 52.2 Å². The summed E-state index contributed by atoms with van der Waals surface area (Å²) in [6.07, 6.45) is 1.79. The number of nitrogens with zero attached hydrogens (tertiary/aromatic N) is 2. The number of esters is 2. The highest BCUT2D eigenvalue weighted by Gasteiger charge is 2.45. The molecule has 7 heteroatoms. The molecule has 2 heterocycles. The van der Waals surface area contributed by atoms with E-state index in [9.17, 15) is 14.4 Å². The van der Waals surface area contributed by atoms with Crippen molar-refractivity contribution >= 4 is 17.8 Å². The van der Waals surface area contributed by atoms with Crippen molar-refractivity contribution in [3.05, 3.63) is 17.0 Å². The first kappa shape index (κ1) is 11.9. The number of carbonyl (C=O) groups excluding carboxylic acids is 3. The van der Waals surface area contributed by atoms with Crippen molar-refractivity contribution in [3.8, 4) is 0 Å². The lowest BCUT2D eigenvalue weighted by Gasteiger charge is -2.40. The Kier molecular flexibility index (Phi) is 2.44. The molecule has 0 spiro atoms. The minimum Gasteiger partial charge on any atom is -0.388 e. The zero-order valence-corrected chi connectivity index (χ0v) is 10.6. The highest BCUT2D eigenvalue weighted by molar-refractivity contribution is 6.02. The smallest absolute Gasteiger partial charge is 0.366 e. The first-order valence-corrected chi connectivity index (χ1v) is 6.09. The van der Waals surface area contributed by atoms with Gasteiger partial charge in [0.15, 0.2) is 5.69 Å². The molecule has 1 fully saturated rings. The van der Waals surface area contributed by atoms with Gasteiger partial charge in [-0.25, -0.2) is 4.79 Å². The van der Waals surface area contributed by atoms with E-state index in [-0.39, 0.29) is 23.6 Å². The summed E-state index contributed by atoms with van der Waals surface area (Å²) in [4.78, 5) is 34.7. The minimum absolute atomic E-state index is 0.0630. The molecule has 7 nitrogen and oxygen atoms in total. The van der Waals surface area contributed by atoms with Crippen LogP contribution in [0.3, 0.4) is 0 Å². The molecule has 1 N–H and O–H groups in total. The van der Waals surface area contributed by atoms with Crippen molar-refractivity contribution in [2.24, 2.45) is 7.05 Å². The molecule has 1 unspecified atom stereocenters. The Morgan fingerprint density at radius 1 is 1.42 bits per heavy atom. The van der Waals surface area contributed by atoms with Gasteiger partial charge in [0.25, 0.3) is 5.91 Å². The van der Waals surface area contributed by atoms with Crippen molar-refractivity contribution in [3.63, 3.8) is 0 Å². The van der Waals surface area contributed by atoms with Gasteiger partial charge in [-0.1, -0.05) is 0 Å². The Bertz CT molecular complexity index is 604. The SMILES string of the molecule is CC(=O)OC(=O)c1nn(C)c2c1[C@@H]1CCC1NC2=O. The van der Waals surface area contributed by atoms with E-state index in [0.717, 1.165) is 19.8 Å². The lowest BCUT2D eigenvalue weighted by Crippen LogP contribution is -2.50. The topological polar surface area (TPSA) is 90.3 Å². The van der Waals surface area contributed by atoms with Crippen molar-refractivity contribution in [1.82, 2.24) is 15.1 Å².